The Bertz CT molecular complexity index is 5310. The van der Waals surface area contributed by atoms with Crippen LogP contribution in [0.3, 0.4) is 0 Å². The van der Waals surface area contributed by atoms with Crippen LogP contribution in [0.5, 0.6) is 17.2 Å². The molecule has 33 nitrogen and oxygen atoms in total. The molecule has 9 aromatic rings. The Morgan fingerprint density at radius 1 is 0.417 bits per heavy atom. The number of aryl methyl sites for hydroxylation is 12. The summed E-state index contributed by atoms with van der Waals surface area (Å²) < 4.78 is 165. The predicted octanol–water partition coefficient (Wildman–Crippen LogP) is 8.58. The molecule has 6 aromatic carbocycles. The standard InChI is InChI=1S/2C27H35N5O5S.C14H20N2O6S.C13H17N3.2C2HF3O/c2*1-18-12-23(37-7)13-19(2)27(18)38(35,36)32(6)17-25(33)28-14-26(34)31(5)15-21-8-10-22(11-9-21)24-16-30(4)20(3)29-24;1-9-5-11(22-4)6-10(2)14(9)23(20,21)16(3)8-12(17)15-7-13(18)19;1-10-15-13(9-16(10)3)12-6-4-11(5-7-12)8-14-2;2*3-2(4,5)1-6/h2*8-13,16H,14-15,17H2,1-7H3,(H,28,33);5-6H,7-8H2,1-4H3,(H,15,17)(H,18,19);4-7,9,14H,8H2,1-3H3;2*1H. The van der Waals surface area contributed by atoms with Crippen molar-refractivity contribution in [3.05, 3.63) is 195 Å². The number of alkyl halides is 6. The molecular weight excluding hydrogens is 1730 g/mol. The summed E-state index contributed by atoms with van der Waals surface area (Å²) >= 11 is 0. The lowest BCUT2D eigenvalue weighted by Gasteiger charge is -2.21. The lowest BCUT2D eigenvalue weighted by molar-refractivity contribution is -0.156. The zero-order chi connectivity index (χ0) is 96.1. The highest BCUT2D eigenvalue weighted by molar-refractivity contribution is 7.89. The van der Waals surface area contributed by atoms with Crippen LogP contribution in [-0.4, -0.2) is 245 Å². The Balaban J connectivity index is 0.000000353. The van der Waals surface area contributed by atoms with Gasteiger partial charge in [-0.2, -0.15) is 39.3 Å². The minimum atomic E-state index is -4.64. The van der Waals surface area contributed by atoms with Gasteiger partial charge in [-0.15, -0.1) is 0 Å². The number of carbonyl (C=O) groups excluding carboxylic acids is 7. The number of sulfonamides is 3. The molecule has 9 rings (SSSR count). The fourth-order valence-electron chi connectivity index (χ4n) is 12.0. The lowest BCUT2D eigenvalue weighted by atomic mass is 10.1. The summed E-state index contributed by atoms with van der Waals surface area (Å²) in [6, 6.07) is 33.8. The third kappa shape index (κ3) is 32.9. The number of nitrogens with one attached hydrogen (secondary N) is 4. The molecule has 3 aromatic heterocycles. The first-order valence-electron chi connectivity index (χ1n) is 38.4. The second-order valence-corrected chi connectivity index (χ2v) is 35.0. The zero-order valence-corrected chi connectivity index (χ0v) is 76.9. The number of hydrogen-bond donors (Lipinski definition) is 5. The van der Waals surface area contributed by atoms with Crippen LogP contribution in [0.25, 0.3) is 33.8 Å². The van der Waals surface area contributed by atoms with E-state index >= 15 is 0 Å². The molecular formula is C85H109F6N15O18S3. The summed E-state index contributed by atoms with van der Waals surface area (Å²) in [4.78, 5) is 106. The molecule has 0 fully saturated rings. The number of likely N-dealkylation sites (N-methyl/N-ethyl adjacent to an activating group) is 5. The first-order valence-corrected chi connectivity index (χ1v) is 42.7. The van der Waals surface area contributed by atoms with Crippen LogP contribution in [0, 0.1) is 62.3 Å². The number of aromatic nitrogens is 6. The summed E-state index contributed by atoms with van der Waals surface area (Å²) in [6.45, 7) is 15.2. The van der Waals surface area contributed by atoms with Crippen LogP contribution < -0.4 is 35.5 Å². The molecule has 0 radical (unpaired) electrons. The summed E-state index contributed by atoms with van der Waals surface area (Å²) in [5.74, 6) is 0.904. The number of imidazole rings is 3. The Morgan fingerprint density at radius 3 is 0.843 bits per heavy atom. The van der Waals surface area contributed by atoms with E-state index in [2.05, 4.69) is 66.7 Å². The minimum absolute atomic E-state index is 0.104. The topological polar surface area (TPSA) is 405 Å². The Kier molecular flexibility index (Phi) is 40.4. The van der Waals surface area contributed by atoms with Gasteiger partial charge in [0, 0.05) is 111 Å². The maximum Gasteiger partial charge on any atom is 0.446 e. The molecule has 0 unspecified atom stereocenters. The van der Waals surface area contributed by atoms with E-state index < -0.39 is 105 Å². The number of rotatable bonds is 30. The molecule has 0 saturated heterocycles. The van der Waals surface area contributed by atoms with Gasteiger partial charge in [0.1, 0.15) is 41.3 Å². The molecule has 692 valence electrons. The number of carboxylic acid groups (broad SMARTS) is 1. The SMILES string of the molecule is CNCc1ccc(-c2cn(C)c(C)n2)cc1.COc1cc(C)c(S(=O)(=O)N(C)CC(=O)NCC(=O)N(C)Cc2ccc(-c3cn(C)c(C)n3)cc2)c(C)c1.COc1cc(C)c(S(=O)(=O)N(C)CC(=O)NCC(=O)N(C)Cc2ccc(-c3cn(C)c(C)n3)cc2)c(C)c1.COc1cc(C)c(S(=O)(=O)N(C)CC(=O)NCC(=O)O)c(C)c1.O=CC(F)(F)F.O=CC(F)(F)F. The van der Waals surface area contributed by atoms with Crippen molar-refractivity contribution < 1.29 is 109 Å². The van der Waals surface area contributed by atoms with Crippen molar-refractivity contribution in [1.82, 2.24) is 72.6 Å². The number of ether oxygens (including phenoxy) is 3. The molecule has 0 saturated carbocycles. The Labute approximate surface area is 735 Å². The summed E-state index contributed by atoms with van der Waals surface area (Å²) in [5, 5.41) is 18.8. The van der Waals surface area contributed by atoms with Crippen LogP contribution >= 0.6 is 0 Å². The van der Waals surface area contributed by atoms with Gasteiger partial charge in [-0.3, -0.25) is 38.4 Å². The predicted molar refractivity (Wildman–Crippen MR) is 464 cm³/mol. The molecule has 5 amide bonds. The maximum absolute atomic E-state index is 13.1. The van der Waals surface area contributed by atoms with E-state index in [1.807, 2.05) is 124 Å². The van der Waals surface area contributed by atoms with Gasteiger partial charge >= 0.3 is 18.3 Å². The minimum Gasteiger partial charge on any atom is -0.497 e. The highest BCUT2D eigenvalue weighted by Gasteiger charge is 2.32. The largest absolute Gasteiger partial charge is 0.497 e. The smallest absolute Gasteiger partial charge is 0.446 e. The summed E-state index contributed by atoms with van der Waals surface area (Å²) in [7, 11) is 7.86. The number of aldehydes is 2. The number of benzene rings is 6. The maximum atomic E-state index is 13.1. The average Bonchev–Trinajstić information content (AvgIpc) is 1.55. The van der Waals surface area contributed by atoms with Gasteiger partial charge in [-0.05, 0) is 156 Å². The van der Waals surface area contributed by atoms with Crippen LogP contribution in [0.15, 0.2) is 142 Å². The van der Waals surface area contributed by atoms with Gasteiger partial charge in [0.2, 0.25) is 72.2 Å². The van der Waals surface area contributed by atoms with Gasteiger partial charge in [-0.25, -0.2) is 40.2 Å². The van der Waals surface area contributed by atoms with Crippen molar-refractivity contribution in [1.29, 1.82) is 0 Å². The molecule has 127 heavy (non-hydrogen) atoms. The first kappa shape index (κ1) is 107. The number of methoxy groups -OCH3 is 3. The van der Waals surface area contributed by atoms with Gasteiger partial charge in [0.05, 0.1) is 85.8 Å². The molecule has 0 aliphatic heterocycles. The van der Waals surface area contributed by atoms with E-state index in [4.69, 9.17) is 28.9 Å². The van der Waals surface area contributed by atoms with E-state index in [1.54, 1.807) is 92.0 Å². The normalized spacial score (nSPS) is 11.3. The van der Waals surface area contributed by atoms with Gasteiger partial charge in [0.25, 0.3) is 0 Å². The van der Waals surface area contributed by atoms with E-state index in [1.165, 1.54) is 63.4 Å². The molecule has 42 heteroatoms. The quantitative estimate of drug-likeness (QED) is 0.0208. The first-order chi connectivity index (χ1) is 59.1. The summed E-state index contributed by atoms with van der Waals surface area (Å²) in [6.07, 6.45) is -5.42. The molecule has 0 spiro atoms. The van der Waals surface area contributed by atoms with Crippen molar-refractivity contribution >= 4 is 78.1 Å². The van der Waals surface area contributed by atoms with Gasteiger partial charge < -0.3 is 64.1 Å². The average molecular weight is 1840 g/mol. The van der Waals surface area contributed by atoms with Crippen molar-refractivity contribution in [3.63, 3.8) is 0 Å². The highest BCUT2D eigenvalue weighted by Crippen LogP contribution is 2.32. The van der Waals surface area contributed by atoms with Crippen LogP contribution in [0.2, 0.25) is 0 Å². The second-order valence-electron chi connectivity index (χ2n) is 29.1. The molecule has 5 N–H and O–H groups in total. The van der Waals surface area contributed by atoms with Gasteiger partial charge in [-0.1, -0.05) is 72.8 Å². The number of aliphatic carboxylic acids is 1. The Hall–Kier alpha value is -12.2. The highest BCUT2D eigenvalue weighted by atomic mass is 32.2. The number of carbonyl (C=O) groups is 8. The monoisotopic (exact) mass is 1840 g/mol. The van der Waals surface area contributed by atoms with Crippen LogP contribution in [-0.2, 0) is 109 Å². The van der Waals surface area contributed by atoms with Crippen LogP contribution in [0.1, 0.15) is 67.5 Å². The summed E-state index contributed by atoms with van der Waals surface area (Å²) in [5.41, 5.74) is 12.2. The third-order valence-corrected chi connectivity index (χ3v) is 25.2. The lowest BCUT2D eigenvalue weighted by Crippen LogP contribution is -2.43. The zero-order valence-electron chi connectivity index (χ0n) is 74.4. The number of amides is 5. The molecule has 0 bridgehead atoms. The number of halogens is 6. The van der Waals surface area contributed by atoms with Crippen molar-refractivity contribution in [2.75, 3.05) is 103 Å². The van der Waals surface area contributed by atoms with Crippen molar-refractivity contribution in [3.8, 4) is 51.0 Å². The number of nitrogens with zero attached hydrogens (tertiary/aromatic N) is 11. The number of carboxylic acids is 1. The molecule has 0 aliphatic carbocycles. The molecule has 3 heterocycles. The van der Waals surface area contributed by atoms with E-state index in [0.29, 0.717) is 63.7 Å². The third-order valence-electron chi connectivity index (χ3n) is 18.8. The van der Waals surface area contributed by atoms with Crippen molar-refractivity contribution in [2.45, 2.75) is 109 Å². The Morgan fingerprint density at radius 2 is 0.646 bits per heavy atom. The second kappa shape index (κ2) is 47.9. The fraction of sp³-hybridized carbons (Fsp3) is 0.376. The van der Waals surface area contributed by atoms with E-state index in [9.17, 15) is 80.4 Å². The van der Waals surface area contributed by atoms with E-state index in [0.717, 1.165) is 76.3 Å². The van der Waals surface area contributed by atoms with Gasteiger partial charge in [0.15, 0.2) is 0 Å². The van der Waals surface area contributed by atoms with Crippen LogP contribution in [0.4, 0.5) is 26.3 Å². The van der Waals surface area contributed by atoms with Crippen molar-refractivity contribution in [2.24, 2.45) is 21.1 Å². The van der Waals surface area contributed by atoms with E-state index in [-0.39, 0.29) is 39.6 Å². The molecule has 0 atom stereocenters. The molecule has 0 aliphatic rings. The fourth-order valence-corrected chi connectivity index (χ4v) is 16.6. The number of hydrogen-bond acceptors (Lipinski definition) is 21.